The minimum absolute atomic E-state index is 0.0130. The van der Waals surface area contributed by atoms with Crippen LogP contribution in [-0.4, -0.2) is 47.7 Å². The highest BCUT2D eigenvalue weighted by Crippen LogP contribution is 2.24. The molecule has 150 valence electrons. The van der Waals surface area contributed by atoms with Gasteiger partial charge in [-0.2, -0.15) is 0 Å². The highest BCUT2D eigenvalue weighted by Gasteiger charge is 2.40. The normalized spacial score (nSPS) is 13.8. The third-order valence-electron chi connectivity index (χ3n) is 4.48. The molecule has 0 bridgehead atoms. The van der Waals surface area contributed by atoms with Gasteiger partial charge in [-0.1, -0.05) is 12.1 Å². The molecular formula is C20H17F2N3O4. The molecule has 0 saturated heterocycles. The number of imide groups is 1. The van der Waals surface area contributed by atoms with Crippen molar-refractivity contribution in [2.24, 2.45) is 0 Å². The maximum atomic E-state index is 13.6. The topological polar surface area (TPSA) is 95.6 Å². The summed E-state index contributed by atoms with van der Waals surface area (Å²) in [5, 5.41) is 4.90. The van der Waals surface area contributed by atoms with Crippen molar-refractivity contribution in [3.63, 3.8) is 0 Å². The zero-order valence-corrected chi connectivity index (χ0v) is 15.4. The number of carbonyl (C=O) groups excluding carboxylic acids is 4. The van der Waals surface area contributed by atoms with E-state index in [2.05, 4.69) is 10.6 Å². The Morgan fingerprint density at radius 3 is 2.14 bits per heavy atom. The van der Waals surface area contributed by atoms with Crippen molar-refractivity contribution in [3.05, 3.63) is 70.8 Å². The number of hydrogen-bond acceptors (Lipinski definition) is 4. The lowest BCUT2D eigenvalue weighted by atomic mass is 10.1. The van der Waals surface area contributed by atoms with E-state index >= 15 is 0 Å². The van der Waals surface area contributed by atoms with Crippen LogP contribution in [0.15, 0.2) is 42.5 Å². The largest absolute Gasteiger partial charge is 0.353 e. The molecule has 0 aliphatic carbocycles. The van der Waals surface area contributed by atoms with E-state index in [0.717, 1.165) is 17.0 Å². The first-order chi connectivity index (χ1) is 13.8. The fourth-order valence-corrected chi connectivity index (χ4v) is 2.96. The van der Waals surface area contributed by atoms with E-state index in [4.69, 9.17) is 0 Å². The van der Waals surface area contributed by atoms with Gasteiger partial charge in [-0.25, -0.2) is 8.78 Å². The van der Waals surface area contributed by atoms with Gasteiger partial charge in [-0.3, -0.25) is 24.1 Å². The summed E-state index contributed by atoms with van der Waals surface area (Å²) in [7, 11) is 0. The monoisotopic (exact) mass is 401 g/mol. The second-order valence-corrected chi connectivity index (χ2v) is 6.37. The molecule has 29 heavy (non-hydrogen) atoms. The number of amides is 4. The molecule has 0 saturated carbocycles. The van der Waals surface area contributed by atoms with Crippen molar-refractivity contribution in [1.82, 2.24) is 15.5 Å². The Bertz CT molecular complexity index is 974. The molecule has 2 aromatic rings. The Hall–Kier alpha value is -3.62. The number of hydrogen-bond donors (Lipinski definition) is 2. The van der Waals surface area contributed by atoms with Crippen LogP contribution in [0.1, 0.15) is 38.0 Å². The summed E-state index contributed by atoms with van der Waals surface area (Å²) in [4.78, 5) is 49.9. The third kappa shape index (κ3) is 3.98. The molecule has 1 aliphatic rings. The van der Waals surface area contributed by atoms with Gasteiger partial charge in [0.05, 0.1) is 16.7 Å². The molecule has 4 amide bonds. The van der Waals surface area contributed by atoms with Crippen molar-refractivity contribution in [1.29, 1.82) is 0 Å². The van der Waals surface area contributed by atoms with Crippen LogP contribution in [0.4, 0.5) is 8.78 Å². The van der Waals surface area contributed by atoms with Crippen molar-refractivity contribution in [2.75, 3.05) is 13.1 Å². The van der Waals surface area contributed by atoms with Crippen LogP contribution >= 0.6 is 0 Å². The zero-order chi connectivity index (χ0) is 21.1. The highest BCUT2D eigenvalue weighted by atomic mass is 19.1. The average molecular weight is 401 g/mol. The smallest absolute Gasteiger partial charge is 0.262 e. The van der Waals surface area contributed by atoms with Gasteiger partial charge < -0.3 is 10.6 Å². The Morgan fingerprint density at radius 2 is 1.55 bits per heavy atom. The molecule has 1 unspecified atom stereocenters. The molecule has 3 rings (SSSR count). The predicted molar refractivity (Wildman–Crippen MR) is 98.1 cm³/mol. The lowest BCUT2D eigenvalue weighted by Gasteiger charge is -2.21. The summed E-state index contributed by atoms with van der Waals surface area (Å²) >= 11 is 0. The summed E-state index contributed by atoms with van der Waals surface area (Å²) in [5.74, 6) is -4.23. The molecule has 2 N–H and O–H groups in total. The Labute approximate surface area is 164 Å². The molecule has 1 heterocycles. The summed E-state index contributed by atoms with van der Waals surface area (Å²) in [6, 6.07) is 7.82. The number of rotatable bonds is 6. The van der Waals surface area contributed by atoms with Gasteiger partial charge in [0.1, 0.15) is 17.7 Å². The first-order valence-corrected chi connectivity index (χ1v) is 8.79. The number of benzene rings is 2. The number of carbonyl (C=O) groups is 4. The molecule has 9 heteroatoms. The second kappa shape index (κ2) is 8.17. The lowest BCUT2D eigenvalue weighted by molar-refractivity contribution is -0.124. The van der Waals surface area contributed by atoms with Gasteiger partial charge in [0.25, 0.3) is 17.7 Å². The minimum atomic E-state index is -1.05. The predicted octanol–water partition coefficient (Wildman–Crippen LogP) is 1.50. The van der Waals surface area contributed by atoms with Crippen molar-refractivity contribution < 1.29 is 28.0 Å². The van der Waals surface area contributed by atoms with Gasteiger partial charge in [-0.15, -0.1) is 0 Å². The molecule has 1 atom stereocenters. The van der Waals surface area contributed by atoms with Crippen LogP contribution < -0.4 is 10.6 Å². The standard InChI is InChI=1S/C20H17F2N3O4/c1-11(25-19(28)13-4-2-3-5-14(13)20(25)29)17(26)23-8-9-24-18(27)15-7-6-12(21)10-16(15)22/h2-7,10-11H,8-9H2,1H3,(H,23,26)(H,24,27). The number of halogens is 2. The van der Waals surface area contributed by atoms with Crippen molar-refractivity contribution in [2.45, 2.75) is 13.0 Å². The molecule has 0 fully saturated rings. The van der Waals surface area contributed by atoms with Crippen LogP contribution in [0.25, 0.3) is 0 Å². The Morgan fingerprint density at radius 1 is 0.966 bits per heavy atom. The second-order valence-electron chi connectivity index (χ2n) is 6.37. The van der Waals surface area contributed by atoms with Crippen LogP contribution in [0.2, 0.25) is 0 Å². The van der Waals surface area contributed by atoms with Crippen molar-refractivity contribution >= 4 is 23.6 Å². The van der Waals surface area contributed by atoms with Gasteiger partial charge in [0.2, 0.25) is 5.91 Å². The van der Waals surface area contributed by atoms with Crippen LogP contribution in [-0.2, 0) is 4.79 Å². The number of nitrogens with one attached hydrogen (secondary N) is 2. The van der Waals surface area contributed by atoms with E-state index in [1.165, 1.54) is 19.1 Å². The third-order valence-corrected chi connectivity index (χ3v) is 4.48. The first-order valence-electron chi connectivity index (χ1n) is 8.79. The summed E-state index contributed by atoms with van der Waals surface area (Å²) in [5.41, 5.74) is 0.161. The van der Waals surface area contributed by atoms with E-state index in [9.17, 15) is 28.0 Å². The quantitative estimate of drug-likeness (QED) is 0.566. The summed E-state index contributed by atoms with van der Waals surface area (Å²) in [6.07, 6.45) is 0. The van der Waals surface area contributed by atoms with Crippen LogP contribution in [0.3, 0.4) is 0 Å². The number of fused-ring (bicyclic) bond motifs is 1. The van der Waals surface area contributed by atoms with E-state index in [-0.39, 0.29) is 29.8 Å². The van der Waals surface area contributed by atoms with E-state index in [1.54, 1.807) is 12.1 Å². The molecule has 1 aliphatic heterocycles. The Kier molecular flexibility index (Phi) is 5.67. The maximum Gasteiger partial charge on any atom is 0.262 e. The van der Waals surface area contributed by atoms with E-state index < -0.39 is 41.3 Å². The van der Waals surface area contributed by atoms with Gasteiger partial charge in [-0.05, 0) is 31.2 Å². The molecular weight excluding hydrogens is 384 g/mol. The van der Waals surface area contributed by atoms with Gasteiger partial charge in [0.15, 0.2) is 0 Å². The fourth-order valence-electron chi connectivity index (χ4n) is 2.96. The lowest BCUT2D eigenvalue weighted by Crippen LogP contribution is -2.49. The first kappa shape index (κ1) is 20.1. The Balaban J connectivity index is 1.52. The molecule has 7 nitrogen and oxygen atoms in total. The molecule has 2 aromatic carbocycles. The SMILES string of the molecule is CC(C(=O)NCCNC(=O)c1ccc(F)cc1F)N1C(=O)c2ccccc2C1=O. The minimum Gasteiger partial charge on any atom is -0.353 e. The maximum absolute atomic E-state index is 13.6. The molecule has 0 spiro atoms. The molecule has 0 aromatic heterocycles. The van der Waals surface area contributed by atoms with Gasteiger partial charge >= 0.3 is 0 Å². The zero-order valence-electron chi connectivity index (χ0n) is 15.4. The summed E-state index contributed by atoms with van der Waals surface area (Å²) < 4.78 is 26.4. The molecule has 0 radical (unpaired) electrons. The summed E-state index contributed by atoms with van der Waals surface area (Å²) in [6.45, 7) is 1.38. The highest BCUT2D eigenvalue weighted by molar-refractivity contribution is 6.22. The van der Waals surface area contributed by atoms with Crippen LogP contribution in [0, 0.1) is 11.6 Å². The fraction of sp³-hybridized carbons (Fsp3) is 0.200. The van der Waals surface area contributed by atoms with Crippen molar-refractivity contribution in [3.8, 4) is 0 Å². The van der Waals surface area contributed by atoms with E-state index in [1.807, 2.05) is 0 Å². The number of nitrogens with zero attached hydrogens (tertiary/aromatic N) is 1. The van der Waals surface area contributed by atoms with Crippen LogP contribution in [0.5, 0.6) is 0 Å². The average Bonchev–Trinajstić information content (AvgIpc) is 2.95. The van der Waals surface area contributed by atoms with Gasteiger partial charge in [0, 0.05) is 19.2 Å². The van der Waals surface area contributed by atoms with E-state index in [0.29, 0.717) is 6.07 Å².